The van der Waals surface area contributed by atoms with E-state index in [1.165, 1.54) is 19.3 Å². The zero-order valence-corrected chi connectivity index (χ0v) is 8.87. The molecule has 0 aromatic heterocycles. The number of ether oxygens (including phenoxy) is 1. The van der Waals surface area contributed by atoms with E-state index in [1.54, 1.807) is 0 Å². The van der Waals surface area contributed by atoms with Crippen LogP contribution in [0.5, 0.6) is 0 Å². The molecule has 0 aromatic rings. The molecule has 1 fully saturated rings. The maximum absolute atomic E-state index is 10.3. The van der Waals surface area contributed by atoms with Crippen LogP contribution in [0.15, 0.2) is 0 Å². The Kier molecular flexibility index (Phi) is 4.77. The van der Waals surface area contributed by atoms with Crippen LogP contribution >= 0.6 is 0 Å². The van der Waals surface area contributed by atoms with Crippen LogP contribution in [0.25, 0.3) is 0 Å². The van der Waals surface area contributed by atoms with Crippen molar-refractivity contribution in [2.75, 3.05) is 0 Å². The summed E-state index contributed by atoms with van der Waals surface area (Å²) in [7, 11) is 0. The molecule has 1 N–H and O–H groups in total. The highest BCUT2D eigenvalue weighted by atomic mass is 16.7. The quantitative estimate of drug-likeness (QED) is 0.707. The minimum absolute atomic E-state index is 0.0367. The minimum Gasteiger partial charge on any atom is -0.450 e. The molecule has 0 bridgehead atoms. The molecular formula is C11H20O3. The third-order valence-corrected chi connectivity index (χ3v) is 3.03. The summed E-state index contributed by atoms with van der Waals surface area (Å²) < 4.78 is 4.76. The topological polar surface area (TPSA) is 46.5 Å². The SMILES string of the molecule is CCCCC1CCC(OC(=O)O)CC1. The average molecular weight is 200 g/mol. The van der Waals surface area contributed by atoms with Crippen molar-refractivity contribution in [3.8, 4) is 0 Å². The lowest BCUT2D eigenvalue weighted by molar-refractivity contribution is 0.0275. The molecule has 14 heavy (non-hydrogen) atoms. The lowest BCUT2D eigenvalue weighted by Crippen LogP contribution is -2.23. The second-order valence-corrected chi connectivity index (χ2v) is 4.17. The maximum Gasteiger partial charge on any atom is 0.506 e. The molecule has 0 spiro atoms. The van der Waals surface area contributed by atoms with Crippen molar-refractivity contribution in [1.29, 1.82) is 0 Å². The first-order valence-electron chi connectivity index (χ1n) is 5.62. The molecule has 0 radical (unpaired) electrons. The van der Waals surface area contributed by atoms with Gasteiger partial charge >= 0.3 is 6.16 Å². The van der Waals surface area contributed by atoms with Crippen molar-refractivity contribution in [3.05, 3.63) is 0 Å². The van der Waals surface area contributed by atoms with Gasteiger partial charge in [0.2, 0.25) is 0 Å². The minimum atomic E-state index is -1.12. The maximum atomic E-state index is 10.3. The van der Waals surface area contributed by atoms with E-state index in [9.17, 15) is 4.79 Å². The summed E-state index contributed by atoms with van der Waals surface area (Å²) in [4.78, 5) is 10.3. The summed E-state index contributed by atoms with van der Waals surface area (Å²) in [6.45, 7) is 2.21. The van der Waals surface area contributed by atoms with Crippen molar-refractivity contribution in [2.45, 2.75) is 58.0 Å². The van der Waals surface area contributed by atoms with Gasteiger partial charge in [-0.3, -0.25) is 0 Å². The van der Waals surface area contributed by atoms with E-state index in [-0.39, 0.29) is 6.10 Å². The largest absolute Gasteiger partial charge is 0.506 e. The first kappa shape index (κ1) is 11.3. The number of hydrogen-bond acceptors (Lipinski definition) is 2. The van der Waals surface area contributed by atoms with E-state index in [2.05, 4.69) is 6.92 Å². The fraction of sp³-hybridized carbons (Fsp3) is 0.909. The lowest BCUT2D eigenvalue weighted by Gasteiger charge is -2.27. The third kappa shape index (κ3) is 3.99. The smallest absolute Gasteiger partial charge is 0.450 e. The van der Waals surface area contributed by atoms with Crippen LogP contribution in [-0.2, 0) is 4.74 Å². The van der Waals surface area contributed by atoms with Crippen LogP contribution in [-0.4, -0.2) is 17.4 Å². The molecule has 0 heterocycles. The summed E-state index contributed by atoms with van der Waals surface area (Å²) >= 11 is 0. The zero-order chi connectivity index (χ0) is 10.4. The summed E-state index contributed by atoms with van der Waals surface area (Å²) in [6, 6.07) is 0. The monoisotopic (exact) mass is 200 g/mol. The van der Waals surface area contributed by atoms with Crippen LogP contribution in [0.2, 0.25) is 0 Å². The van der Waals surface area contributed by atoms with E-state index in [0.717, 1.165) is 31.6 Å². The molecule has 1 aliphatic carbocycles. The van der Waals surface area contributed by atoms with Crippen molar-refractivity contribution in [2.24, 2.45) is 5.92 Å². The molecule has 0 aromatic carbocycles. The second kappa shape index (κ2) is 5.89. The van der Waals surface area contributed by atoms with Crippen molar-refractivity contribution in [1.82, 2.24) is 0 Å². The highest BCUT2D eigenvalue weighted by molar-refractivity contribution is 5.57. The molecule has 3 nitrogen and oxygen atoms in total. The van der Waals surface area contributed by atoms with Gasteiger partial charge in [-0.1, -0.05) is 26.2 Å². The molecule has 0 saturated heterocycles. The number of hydrogen-bond donors (Lipinski definition) is 1. The Bertz CT molecular complexity index is 171. The fourth-order valence-corrected chi connectivity index (χ4v) is 2.17. The van der Waals surface area contributed by atoms with Crippen LogP contribution < -0.4 is 0 Å². The van der Waals surface area contributed by atoms with Crippen molar-refractivity contribution in [3.63, 3.8) is 0 Å². The Hall–Kier alpha value is -0.730. The van der Waals surface area contributed by atoms with Crippen LogP contribution in [0.1, 0.15) is 51.9 Å². The van der Waals surface area contributed by atoms with Gasteiger partial charge in [-0.05, 0) is 31.6 Å². The predicted molar refractivity (Wildman–Crippen MR) is 54.4 cm³/mol. The highest BCUT2D eigenvalue weighted by Crippen LogP contribution is 2.29. The summed E-state index contributed by atoms with van der Waals surface area (Å²) in [5, 5.41) is 8.45. The predicted octanol–water partition coefficient (Wildman–Crippen LogP) is 3.43. The van der Waals surface area contributed by atoms with E-state index >= 15 is 0 Å². The molecule has 3 heteroatoms. The van der Waals surface area contributed by atoms with Crippen LogP contribution in [0.4, 0.5) is 4.79 Å². The summed E-state index contributed by atoms with van der Waals surface area (Å²) in [5.41, 5.74) is 0. The molecule has 0 atom stereocenters. The second-order valence-electron chi connectivity index (χ2n) is 4.17. The van der Waals surface area contributed by atoms with Gasteiger partial charge < -0.3 is 9.84 Å². The van der Waals surface area contributed by atoms with Gasteiger partial charge in [0.1, 0.15) is 6.10 Å². The summed E-state index contributed by atoms with van der Waals surface area (Å²) in [6.07, 6.45) is 6.81. The van der Waals surface area contributed by atoms with E-state index in [1.807, 2.05) is 0 Å². The van der Waals surface area contributed by atoms with Gasteiger partial charge in [0, 0.05) is 0 Å². The van der Waals surface area contributed by atoms with Crippen molar-refractivity contribution < 1.29 is 14.6 Å². The Morgan fingerprint density at radius 2 is 2.00 bits per heavy atom. The van der Waals surface area contributed by atoms with Gasteiger partial charge in [-0.15, -0.1) is 0 Å². The Balaban J connectivity index is 2.14. The Morgan fingerprint density at radius 3 is 2.50 bits per heavy atom. The zero-order valence-electron chi connectivity index (χ0n) is 8.87. The molecule has 0 amide bonds. The van der Waals surface area contributed by atoms with Gasteiger partial charge in [0.15, 0.2) is 0 Å². The van der Waals surface area contributed by atoms with Gasteiger partial charge in [0.25, 0.3) is 0 Å². The van der Waals surface area contributed by atoms with Crippen LogP contribution in [0.3, 0.4) is 0 Å². The lowest BCUT2D eigenvalue weighted by atomic mass is 9.84. The standard InChI is InChI=1S/C11H20O3/c1-2-3-4-9-5-7-10(8-6-9)14-11(12)13/h9-10H,2-8H2,1H3,(H,12,13). The Morgan fingerprint density at radius 1 is 1.36 bits per heavy atom. The fourth-order valence-electron chi connectivity index (χ4n) is 2.17. The van der Waals surface area contributed by atoms with E-state index in [0.29, 0.717) is 0 Å². The highest BCUT2D eigenvalue weighted by Gasteiger charge is 2.23. The molecule has 0 aliphatic heterocycles. The Labute approximate surface area is 85.5 Å². The van der Waals surface area contributed by atoms with E-state index in [4.69, 9.17) is 9.84 Å². The van der Waals surface area contributed by atoms with Crippen molar-refractivity contribution >= 4 is 6.16 Å². The van der Waals surface area contributed by atoms with Crippen LogP contribution in [0, 0.1) is 5.92 Å². The molecule has 1 rings (SSSR count). The third-order valence-electron chi connectivity index (χ3n) is 3.03. The summed E-state index contributed by atoms with van der Waals surface area (Å²) in [5.74, 6) is 0.809. The first-order valence-corrected chi connectivity index (χ1v) is 5.62. The molecular weight excluding hydrogens is 180 g/mol. The molecule has 82 valence electrons. The van der Waals surface area contributed by atoms with Gasteiger partial charge in [-0.25, -0.2) is 4.79 Å². The normalized spacial score (nSPS) is 27.2. The number of rotatable bonds is 4. The number of carbonyl (C=O) groups is 1. The van der Waals surface area contributed by atoms with Gasteiger partial charge in [0.05, 0.1) is 0 Å². The average Bonchev–Trinajstić information content (AvgIpc) is 2.16. The number of unbranched alkanes of at least 4 members (excludes halogenated alkanes) is 1. The number of carboxylic acid groups (broad SMARTS) is 1. The first-order chi connectivity index (χ1) is 6.72. The van der Waals surface area contributed by atoms with Gasteiger partial charge in [-0.2, -0.15) is 0 Å². The van der Waals surface area contributed by atoms with E-state index < -0.39 is 6.16 Å². The molecule has 0 unspecified atom stereocenters. The molecule has 1 saturated carbocycles. The molecule has 1 aliphatic rings.